The number of fused-ring (bicyclic) bond motifs is 1. The summed E-state index contributed by atoms with van der Waals surface area (Å²) in [7, 11) is 0. The van der Waals surface area contributed by atoms with Gasteiger partial charge in [-0.3, -0.25) is 0 Å². The van der Waals surface area contributed by atoms with Crippen molar-refractivity contribution in [2.75, 3.05) is 0 Å². The second-order valence-corrected chi connectivity index (χ2v) is 5.90. The van der Waals surface area contributed by atoms with E-state index in [9.17, 15) is 18.0 Å². The van der Waals surface area contributed by atoms with Gasteiger partial charge >= 0.3 is 12.3 Å². The van der Waals surface area contributed by atoms with Crippen LogP contribution in [0.2, 0.25) is 0 Å². The number of carboxylic acid groups (broad SMARTS) is 1. The maximum absolute atomic E-state index is 13.1. The van der Waals surface area contributed by atoms with Crippen molar-refractivity contribution in [2.24, 2.45) is 0 Å². The highest BCUT2D eigenvalue weighted by molar-refractivity contribution is 5.65. The van der Waals surface area contributed by atoms with Crippen LogP contribution >= 0.6 is 0 Å². The number of alkyl halides is 3. The zero-order valence-electron chi connectivity index (χ0n) is 13.1. The van der Waals surface area contributed by atoms with Gasteiger partial charge in [0.05, 0.1) is 11.6 Å². The molecule has 0 aromatic heterocycles. The number of carbonyl (C=O) groups is 1. The number of nitrogens with one attached hydrogen (secondary N) is 1. The monoisotopic (exact) mass is 351 g/mol. The van der Waals surface area contributed by atoms with Gasteiger partial charge in [-0.15, -0.1) is 0 Å². The van der Waals surface area contributed by atoms with E-state index in [1.54, 1.807) is 6.07 Å². The summed E-state index contributed by atoms with van der Waals surface area (Å²) >= 11 is 0. The Kier molecular flexibility index (Phi) is 4.57. The molecule has 2 atom stereocenters. The van der Waals surface area contributed by atoms with Gasteiger partial charge in [0.15, 0.2) is 0 Å². The Hall–Kier alpha value is -2.70. The van der Waals surface area contributed by atoms with Crippen molar-refractivity contribution in [2.45, 2.75) is 31.2 Å². The standard InChI is InChI=1S/C18H16F3NO3/c19-18(20,21)13-8-4-7-12-10-15(25-16(12)13)14(22-17(23)24)9-11-5-2-1-3-6-11/h1-8,14-15,22H,9-10H2,(H,23,24). The van der Waals surface area contributed by atoms with Gasteiger partial charge in [0.1, 0.15) is 11.9 Å². The third-order valence-electron chi connectivity index (χ3n) is 4.15. The number of rotatable bonds is 4. The summed E-state index contributed by atoms with van der Waals surface area (Å²) in [6.07, 6.45) is -5.91. The SMILES string of the molecule is O=C(O)NC(Cc1ccccc1)C1Cc2cccc(C(F)(F)F)c2O1. The Bertz CT molecular complexity index is 762. The molecule has 7 heteroatoms. The van der Waals surface area contributed by atoms with Crippen molar-refractivity contribution >= 4 is 6.09 Å². The molecule has 0 radical (unpaired) electrons. The minimum atomic E-state index is -4.52. The molecular weight excluding hydrogens is 335 g/mol. The van der Waals surface area contributed by atoms with E-state index < -0.39 is 30.0 Å². The van der Waals surface area contributed by atoms with Crippen molar-refractivity contribution in [3.63, 3.8) is 0 Å². The van der Waals surface area contributed by atoms with Gasteiger partial charge in [0.25, 0.3) is 0 Å². The molecule has 2 N–H and O–H groups in total. The lowest BCUT2D eigenvalue weighted by molar-refractivity contribution is -0.139. The zero-order chi connectivity index (χ0) is 18.0. The number of halogens is 3. The second kappa shape index (κ2) is 6.66. The summed E-state index contributed by atoms with van der Waals surface area (Å²) in [5.41, 5.74) is 0.475. The number of ether oxygens (including phenoxy) is 1. The highest BCUT2D eigenvalue weighted by Crippen LogP contribution is 2.42. The molecule has 0 saturated heterocycles. The summed E-state index contributed by atoms with van der Waals surface area (Å²) in [6.45, 7) is 0. The van der Waals surface area contributed by atoms with Crippen LogP contribution in [0.3, 0.4) is 0 Å². The Morgan fingerprint density at radius 3 is 2.56 bits per heavy atom. The lowest BCUT2D eigenvalue weighted by Crippen LogP contribution is -2.46. The van der Waals surface area contributed by atoms with E-state index in [0.717, 1.165) is 11.6 Å². The van der Waals surface area contributed by atoms with Crippen LogP contribution < -0.4 is 10.1 Å². The van der Waals surface area contributed by atoms with Crippen molar-refractivity contribution in [1.29, 1.82) is 0 Å². The van der Waals surface area contributed by atoms with Crippen LogP contribution in [-0.4, -0.2) is 23.3 Å². The highest BCUT2D eigenvalue weighted by Gasteiger charge is 2.40. The molecule has 1 heterocycles. The number of hydrogen-bond donors (Lipinski definition) is 2. The number of hydrogen-bond acceptors (Lipinski definition) is 2. The molecule has 2 aromatic carbocycles. The Labute approximate surface area is 142 Å². The van der Waals surface area contributed by atoms with Gasteiger partial charge in [-0.1, -0.05) is 42.5 Å². The molecule has 0 aliphatic carbocycles. The third-order valence-corrected chi connectivity index (χ3v) is 4.15. The van der Waals surface area contributed by atoms with Gasteiger partial charge in [-0.25, -0.2) is 4.79 Å². The lowest BCUT2D eigenvalue weighted by atomic mass is 9.97. The maximum Gasteiger partial charge on any atom is 0.419 e. The summed E-state index contributed by atoms with van der Waals surface area (Å²) < 4.78 is 45.0. The maximum atomic E-state index is 13.1. The molecule has 1 amide bonds. The van der Waals surface area contributed by atoms with Gasteiger partial charge in [-0.05, 0) is 23.6 Å². The number of amides is 1. The van der Waals surface area contributed by atoms with Gasteiger partial charge < -0.3 is 15.2 Å². The van der Waals surface area contributed by atoms with E-state index in [1.165, 1.54) is 6.07 Å². The predicted molar refractivity (Wildman–Crippen MR) is 84.7 cm³/mol. The fraction of sp³-hybridized carbons (Fsp3) is 0.278. The average molecular weight is 351 g/mol. The first-order valence-corrected chi connectivity index (χ1v) is 7.73. The van der Waals surface area contributed by atoms with Gasteiger partial charge in [-0.2, -0.15) is 13.2 Å². The normalized spacial score (nSPS) is 17.5. The summed E-state index contributed by atoms with van der Waals surface area (Å²) in [4.78, 5) is 11.1. The first-order valence-electron chi connectivity index (χ1n) is 7.73. The first kappa shape index (κ1) is 17.1. The van der Waals surface area contributed by atoms with Crippen molar-refractivity contribution < 1.29 is 27.8 Å². The van der Waals surface area contributed by atoms with Crippen LogP contribution in [0.4, 0.5) is 18.0 Å². The van der Waals surface area contributed by atoms with Crippen molar-refractivity contribution in [3.05, 3.63) is 65.2 Å². The number of para-hydroxylation sites is 1. The second-order valence-electron chi connectivity index (χ2n) is 5.90. The summed E-state index contributed by atoms with van der Waals surface area (Å²) in [5, 5.41) is 11.5. The van der Waals surface area contributed by atoms with E-state index >= 15 is 0 Å². The molecule has 1 aliphatic rings. The van der Waals surface area contributed by atoms with Crippen LogP contribution in [0, 0.1) is 0 Å². The molecule has 3 rings (SSSR count). The quantitative estimate of drug-likeness (QED) is 0.879. The molecule has 0 fully saturated rings. The molecule has 132 valence electrons. The van der Waals surface area contributed by atoms with Gasteiger partial charge in [0.2, 0.25) is 0 Å². The number of benzene rings is 2. The largest absolute Gasteiger partial charge is 0.487 e. The van der Waals surface area contributed by atoms with E-state index in [4.69, 9.17) is 9.84 Å². The molecule has 25 heavy (non-hydrogen) atoms. The smallest absolute Gasteiger partial charge is 0.419 e. The van der Waals surface area contributed by atoms with Crippen molar-refractivity contribution in [1.82, 2.24) is 5.32 Å². The van der Waals surface area contributed by atoms with Crippen LogP contribution in [0.15, 0.2) is 48.5 Å². The molecule has 4 nitrogen and oxygen atoms in total. The topological polar surface area (TPSA) is 58.6 Å². The minimum absolute atomic E-state index is 0.203. The Morgan fingerprint density at radius 1 is 1.20 bits per heavy atom. The van der Waals surface area contributed by atoms with E-state index in [-0.39, 0.29) is 12.2 Å². The lowest BCUT2D eigenvalue weighted by Gasteiger charge is -2.24. The zero-order valence-corrected chi connectivity index (χ0v) is 13.1. The first-order chi connectivity index (χ1) is 11.8. The van der Waals surface area contributed by atoms with E-state index in [1.807, 2.05) is 30.3 Å². The van der Waals surface area contributed by atoms with Crippen LogP contribution in [0.25, 0.3) is 0 Å². The fourth-order valence-corrected chi connectivity index (χ4v) is 3.04. The van der Waals surface area contributed by atoms with Crippen LogP contribution in [-0.2, 0) is 19.0 Å². The highest BCUT2D eigenvalue weighted by atomic mass is 19.4. The van der Waals surface area contributed by atoms with E-state index in [2.05, 4.69) is 5.32 Å². The van der Waals surface area contributed by atoms with E-state index in [0.29, 0.717) is 12.0 Å². The molecule has 2 aromatic rings. The fourth-order valence-electron chi connectivity index (χ4n) is 3.04. The molecule has 2 unspecified atom stereocenters. The van der Waals surface area contributed by atoms with Crippen molar-refractivity contribution in [3.8, 4) is 5.75 Å². The van der Waals surface area contributed by atoms with Crippen LogP contribution in [0.5, 0.6) is 5.75 Å². The summed E-state index contributed by atoms with van der Waals surface area (Å²) in [6, 6.07) is 12.4. The molecule has 0 bridgehead atoms. The van der Waals surface area contributed by atoms with Gasteiger partial charge in [0, 0.05) is 6.42 Å². The predicted octanol–water partition coefficient (Wildman–Crippen LogP) is 3.89. The molecule has 1 aliphatic heterocycles. The molecule has 0 spiro atoms. The Balaban J connectivity index is 1.85. The molecular formula is C18H16F3NO3. The van der Waals surface area contributed by atoms with Crippen LogP contribution in [0.1, 0.15) is 16.7 Å². The average Bonchev–Trinajstić information content (AvgIpc) is 2.97. The molecule has 0 saturated carbocycles. The third kappa shape index (κ3) is 3.87. The summed E-state index contributed by atoms with van der Waals surface area (Å²) in [5.74, 6) is -0.203. The Morgan fingerprint density at radius 2 is 1.92 bits per heavy atom. The minimum Gasteiger partial charge on any atom is -0.487 e.